The first-order chi connectivity index (χ1) is 48.9. The predicted octanol–water partition coefficient (Wildman–Crippen LogP) is 24.7. The summed E-state index contributed by atoms with van der Waals surface area (Å²) in [5.41, 5.74) is 0. The van der Waals surface area contributed by atoms with Crippen LogP contribution in [-0.4, -0.2) is 96.7 Å². The molecule has 17 nitrogen and oxygen atoms in total. The number of aliphatic hydroxyl groups excluding tert-OH is 1. The fourth-order valence-corrected chi connectivity index (χ4v) is 14.3. The maximum atomic E-state index is 13.1. The van der Waals surface area contributed by atoms with Gasteiger partial charge in [-0.1, -0.05) is 382 Å². The number of rotatable bonds is 81. The molecule has 0 saturated carbocycles. The second kappa shape index (κ2) is 73.6. The third kappa shape index (κ3) is 76.1. The SMILES string of the molecule is CCCCCCCCCCCCCCCCCCC(=O)O[C@H](COC(=O)CCCCCCCCCC)COP(=O)(O)OC[C@H](O)COP(=O)(O)OC[C@@H](COC(=O)CCCCCCCCCCCCCCCC(C)C)OC(=O)CCCCCCCCCCCCCCCCCCCCC(C)C. The molecule has 5 atom stereocenters. The Kier molecular flexibility index (Phi) is 72.2. The number of phosphoric acid groups is 2. The highest BCUT2D eigenvalue weighted by Gasteiger charge is 2.30. The Morgan fingerprint density at radius 1 is 0.267 bits per heavy atom. The Morgan fingerprint density at radius 3 is 0.673 bits per heavy atom. The zero-order valence-electron chi connectivity index (χ0n) is 66.2. The van der Waals surface area contributed by atoms with Gasteiger partial charge in [0.2, 0.25) is 0 Å². The van der Waals surface area contributed by atoms with Gasteiger partial charge >= 0.3 is 39.5 Å². The molecule has 600 valence electrons. The van der Waals surface area contributed by atoms with Gasteiger partial charge in [-0.3, -0.25) is 37.3 Å². The van der Waals surface area contributed by atoms with Crippen molar-refractivity contribution in [1.82, 2.24) is 0 Å². The number of aliphatic hydroxyl groups is 1. The van der Waals surface area contributed by atoms with Gasteiger partial charge in [-0.15, -0.1) is 0 Å². The predicted molar refractivity (Wildman–Crippen MR) is 414 cm³/mol. The van der Waals surface area contributed by atoms with E-state index < -0.39 is 97.5 Å². The van der Waals surface area contributed by atoms with E-state index in [9.17, 15) is 43.2 Å². The van der Waals surface area contributed by atoms with Crippen LogP contribution in [-0.2, 0) is 65.4 Å². The van der Waals surface area contributed by atoms with Crippen LogP contribution in [0.2, 0.25) is 0 Å². The second-order valence-corrected chi connectivity index (χ2v) is 33.4. The van der Waals surface area contributed by atoms with E-state index in [1.807, 2.05) is 0 Å². The molecule has 0 aromatic rings. The van der Waals surface area contributed by atoms with Gasteiger partial charge in [0.05, 0.1) is 26.4 Å². The first-order valence-electron chi connectivity index (χ1n) is 42.5. The summed E-state index contributed by atoms with van der Waals surface area (Å²) in [6.45, 7) is 9.67. The molecule has 0 aromatic carbocycles. The number of esters is 4. The molecule has 0 rings (SSSR count). The van der Waals surface area contributed by atoms with E-state index in [4.69, 9.17) is 37.0 Å². The van der Waals surface area contributed by atoms with Crippen molar-refractivity contribution >= 4 is 39.5 Å². The van der Waals surface area contributed by atoms with E-state index in [0.29, 0.717) is 25.7 Å². The molecule has 0 radical (unpaired) electrons. The van der Waals surface area contributed by atoms with Gasteiger partial charge in [-0.25, -0.2) is 9.13 Å². The lowest BCUT2D eigenvalue weighted by Crippen LogP contribution is -2.30. The molecule has 19 heteroatoms. The molecule has 0 aliphatic rings. The minimum atomic E-state index is -4.96. The summed E-state index contributed by atoms with van der Waals surface area (Å²) >= 11 is 0. The molecule has 0 saturated heterocycles. The molecule has 101 heavy (non-hydrogen) atoms. The van der Waals surface area contributed by atoms with Crippen LogP contribution in [0.25, 0.3) is 0 Å². The largest absolute Gasteiger partial charge is 0.472 e. The minimum Gasteiger partial charge on any atom is -0.462 e. The summed E-state index contributed by atoms with van der Waals surface area (Å²) < 4.78 is 68.7. The fraction of sp³-hybridized carbons (Fsp3) is 0.951. The van der Waals surface area contributed by atoms with Crippen LogP contribution >= 0.6 is 15.6 Å². The Labute approximate surface area is 619 Å². The van der Waals surface area contributed by atoms with Crippen LogP contribution in [0.3, 0.4) is 0 Å². The lowest BCUT2D eigenvalue weighted by molar-refractivity contribution is -0.161. The highest BCUT2D eigenvalue weighted by molar-refractivity contribution is 7.47. The van der Waals surface area contributed by atoms with E-state index in [-0.39, 0.29) is 25.7 Å². The summed E-state index contributed by atoms with van der Waals surface area (Å²) in [6, 6.07) is 0. The van der Waals surface area contributed by atoms with Crippen LogP contribution in [0.1, 0.15) is 433 Å². The van der Waals surface area contributed by atoms with Gasteiger partial charge in [-0.2, -0.15) is 0 Å². The Morgan fingerprint density at radius 2 is 0.455 bits per heavy atom. The molecule has 0 bridgehead atoms. The van der Waals surface area contributed by atoms with Crippen LogP contribution in [0, 0.1) is 11.8 Å². The molecular formula is C82H160O17P2. The first kappa shape index (κ1) is 99.1. The van der Waals surface area contributed by atoms with Gasteiger partial charge < -0.3 is 33.8 Å². The Bertz CT molecular complexity index is 1940. The molecule has 0 spiro atoms. The summed E-state index contributed by atoms with van der Waals surface area (Å²) in [5, 5.41) is 10.6. The number of hydrogen-bond acceptors (Lipinski definition) is 15. The van der Waals surface area contributed by atoms with Gasteiger partial charge in [0.15, 0.2) is 12.2 Å². The normalized spacial score (nSPS) is 13.9. The molecular weight excluding hydrogens is 1320 g/mol. The molecule has 0 heterocycles. The minimum absolute atomic E-state index is 0.108. The van der Waals surface area contributed by atoms with Crippen molar-refractivity contribution in [2.45, 2.75) is 452 Å². The summed E-state index contributed by atoms with van der Waals surface area (Å²) in [4.78, 5) is 73.0. The standard InChI is InChI=1S/C82H160O17P2/c1-7-9-11-13-15-17-18-19-20-26-31-37-42-48-54-60-66-81(86)98-77(70-92-79(84)64-58-52-46-16-14-12-10-8-2)72-96-100(88,89)94-68-76(83)69-95-101(90,91)97-73-78(71-93-80(85)65-59-53-47-41-36-33-28-30-35-40-45-51-57-63-75(5)6)99-82(87)67-61-55-49-43-38-32-27-24-22-21-23-25-29-34-39-44-50-56-62-74(3)4/h74-78,83H,7-73H2,1-6H3,(H,88,89)(H,90,91)/t76-,77+,78+/m0/s1. The smallest absolute Gasteiger partial charge is 0.462 e. The van der Waals surface area contributed by atoms with Crippen molar-refractivity contribution in [2.75, 3.05) is 39.6 Å². The zero-order valence-corrected chi connectivity index (χ0v) is 68.0. The number of ether oxygens (including phenoxy) is 4. The Hall–Kier alpha value is -1.94. The van der Waals surface area contributed by atoms with E-state index in [2.05, 4.69) is 41.5 Å². The maximum absolute atomic E-state index is 13.1. The van der Waals surface area contributed by atoms with Crippen LogP contribution in [0.4, 0.5) is 0 Å². The first-order valence-corrected chi connectivity index (χ1v) is 45.5. The van der Waals surface area contributed by atoms with Crippen LogP contribution in [0.15, 0.2) is 0 Å². The van der Waals surface area contributed by atoms with Crippen molar-refractivity contribution in [2.24, 2.45) is 11.8 Å². The van der Waals surface area contributed by atoms with Crippen LogP contribution in [0.5, 0.6) is 0 Å². The fourth-order valence-electron chi connectivity index (χ4n) is 12.7. The highest BCUT2D eigenvalue weighted by atomic mass is 31.2. The van der Waals surface area contributed by atoms with E-state index in [1.54, 1.807) is 0 Å². The molecule has 0 amide bonds. The average Bonchev–Trinajstić information content (AvgIpc) is 0.974. The van der Waals surface area contributed by atoms with Crippen molar-refractivity contribution in [3.8, 4) is 0 Å². The van der Waals surface area contributed by atoms with E-state index >= 15 is 0 Å². The number of hydrogen-bond donors (Lipinski definition) is 3. The van der Waals surface area contributed by atoms with Crippen molar-refractivity contribution < 1.29 is 80.2 Å². The number of phosphoric ester groups is 2. The summed E-state index contributed by atoms with van der Waals surface area (Å²) in [5.74, 6) is -0.497. The third-order valence-corrected chi connectivity index (χ3v) is 21.1. The highest BCUT2D eigenvalue weighted by Crippen LogP contribution is 2.45. The summed E-state index contributed by atoms with van der Waals surface area (Å²) in [7, 11) is -9.92. The lowest BCUT2D eigenvalue weighted by Gasteiger charge is -2.21. The summed E-state index contributed by atoms with van der Waals surface area (Å²) in [6.07, 6.45) is 63.9. The second-order valence-electron chi connectivity index (χ2n) is 30.5. The van der Waals surface area contributed by atoms with Crippen molar-refractivity contribution in [3.05, 3.63) is 0 Å². The van der Waals surface area contributed by atoms with E-state index in [1.165, 1.54) is 244 Å². The molecule has 0 aliphatic heterocycles. The van der Waals surface area contributed by atoms with E-state index in [0.717, 1.165) is 108 Å². The maximum Gasteiger partial charge on any atom is 0.472 e. The third-order valence-electron chi connectivity index (χ3n) is 19.2. The Balaban J connectivity index is 5.19. The van der Waals surface area contributed by atoms with Gasteiger partial charge in [0, 0.05) is 25.7 Å². The molecule has 0 fully saturated rings. The van der Waals surface area contributed by atoms with Crippen molar-refractivity contribution in [3.63, 3.8) is 0 Å². The van der Waals surface area contributed by atoms with Crippen LogP contribution < -0.4 is 0 Å². The molecule has 0 aliphatic carbocycles. The number of unbranched alkanes of at least 4 members (excludes halogenated alkanes) is 51. The quantitative estimate of drug-likeness (QED) is 0.0222. The zero-order chi connectivity index (χ0) is 74.2. The van der Waals surface area contributed by atoms with Gasteiger partial charge in [0.25, 0.3) is 0 Å². The lowest BCUT2D eigenvalue weighted by atomic mass is 10.0. The molecule has 2 unspecified atom stereocenters. The van der Waals surface area contributed by atoms with Gasteiger partial charge in [0.1, 0.15) is 19.3 Å². The molecule has 3 N–H and O–H groups in total. The van der Waals surface area contributed by atoms with Gasteiger partial charge in [-0.05, 0) is 37.5 Å². The average molecular weight is 1480 g/mol. The van der Waals surface area contributed by atoms with Crippen molar-refractivity contribution in [1.29, 1.82) is 0 Å². The molecule has 0 aromatic heterocycles. The topological polar surface area (TPSA) is 237 Å². The number of carbonyl (C=O) groups is 4. The monoisotopic (exact) mass is 1480 g/mol. The number of carbonyl (C=O) groups excluding carboxylic acids is 4.